The van der Waals surface area contributed by atoms with Gasteiger partial charge in [0, 0.05) is 18.2 Å². The molecule has 1 heterocycles. The molecule has 2 aromatic rings. The molecule has 18 heavy (non-hydrogen) atoms. The van der Waals surface area contributed by atoms with Crippen molar-refractivity contribution in [3.63, 3.8) is 0 Å². The molecule has 94 valence electrons. The molecule has 4 nitrogen and oxygen atoms in total. The summed E-state index contributed by atoms with van der Waals surface area (Å²) < 4.78 is 16.1. The van der Waals surface area contributed by atoms with E-state index >= 15 is 0 Å². The van der Waals surface area contributed by atoms with Crippen LogP contribution in [0.4, 0.5) is 0 Å². The van der Waals surface area contributed by atoms with Crippen LogP contribution in [0.2, 0.25) is 0 Å². The van der Waals surface area contributed by atoms with E-state index in [0.29, 0.717) is 34.8 Å². The van der Waals surface area contributed by atoms with Gasteiger partial charge in [-0.1, -0.05) is 12.7 Å². The lowest BCUT2D eigenvalue weighted by molar-refractivity contribution is 0.360. The van der Waals surface area contributed by atoms with Gasteiger partial charge in [-0.2, -0.15) is 0 Å². The van der Waals surface area contributed by atoms with E-state index in [1.807, 2.05) is 0 Å². The zero-order valence-electron chi connectivity index (χ0n) is 10.4. The van der Waals surface area contributed by atoms with E-state index in [-0.39, 0.29) is 5.43 Å². The summed E-state index contributed by atoms with van der Waals surface area (Å²) in [4.78, 5) is 12.0. The van der Waals surface area contributed by atoms with Crippen LogP contribution in [0.5, 0.6) is 11.5 Å². The molecule has 0 aliphatic carbocycles. The van der Waals surface area contributed by atoms with Crippen molar-refractivity contribution in [3.05, 3.63) is 46.8 Å². The van der Waals surface area contributed by atoms with Gasteiger partial charge < -0.3 is 13.9 Å². The third kappa shape index (κ3) is 2.22. The highest BCUT2D eigenvalue weighted by Crippen LogP contribution is 2.29. The molecule has 1 aromatic heterocycles. The van der Waals surface area contributed by atoms with Crippen LogP contribution in [0.3, 0.4) is 0 Å². The van der Waals surface area contributed by atoms with Crippen molar-refractivity contribution in [1.82, 2.24) is 0 Å². The Bertz CT molecular complexity index is 640. The normalized spacial score (nSPS) is 10.3. The highest BCUT2D eigenvalue weighted by atomic mass is 16.5. The third-order valence-electron chi connectivity index (χ3n) is 2.48. The summed E-state index contributed by atoms with van der Waals surface area (Å²) in [5.74, 6) is 1.57. The Labute approximate surface area is 104 Å². The average molecular weight is 246 g/mol. The van der Waals surface area contributed by atoms with Crippen LogP contribution in [-0.2, 0) is 0 Å². The van der Waals surface area contributed by atoms with Gasteiger partial charge in [0.15, 0.2) is 5.43 Å². The van der Waals surface area contributed by atoms with Gasteiger partial charge in [-0.05, 0) is 6.92 Å². The minimum atomic E-state index is -0.129. The average Bonchev–Trinajstić information content (AvgIpc) is 2.34. The molecule has 0 fully saturated rings. The number of hydrogen-bond donors (Lipinski definition) is 0. The molecule has 0 saturated heterocycles. The number of hydrogen-bond acceptors (Lipinski definition) is 4. The topological polar surface area (TPSA) is 48.7 Å². The predicted octanol–water partition coefficient (Wildman–Crippen LogP) is 2.67. The number of fused-ring (bicyclic) bond motifs is 1. The Kier molecular flexibility index (Phi) is 3.37. The highest BCUT2D eigenvalue weighted by molar-refractivity contribution is 5.85. The Hall–Kier alpha value is -2.23. The van der Waals surface area contributed by atoms with Gasteiger partial charge in [-0.3, -0.25) is 4.79 Å². The molecule has 1 aromatic carbocycles. The molecule has 4 heteroatoms. The van der Waals surface area contributed by atoms with Gasteiger partial charge in [0.25, 0.3) is 0 Å². The molecular weight excluding hydrogens is 232 g/mol. The van der Waals surface area contributed by atoms with Gasteiger partial charge in [0.05, 0.1) is 7.11 Å². The van der Waals surface area contributed by atoms with E-state index in [2.05, 4.69) is 6.58 Å². The van der Waals surface area contributed by atoms with Gasteiger partial charge in [0.1, 0.15) is 34.8 Å². The molecule has 2 rings (SSSR count). The molecule has 0 amide bonds. The lowest BCUT2D eigenvalue weighted by Gasteiger charge is -2.09. The fourth-order valence-electron chi connectivity index (χ4n) is 1.73. The largest absolute Gasteiger partial charge is 0.496 e. The second-order valence-electron chi connectivity index (χ2n) is 3.82. The first-order valence-electron chi connectivity index (χ1n) is 5.52. The van der Waals surface area contributed by atoms with Gasteiger partial charge in [-0.15, -0.1) is 0 Å². The maximum atomic E-state index is 12.0. The maximum Gasteiger partial charge on any atom is 0.196 e. The monoisotopic (exact) mass is 246 g/mol. The number of rotatable bonds is 4. The standard InChI is InChI=1S/C14H14O4/c1-4-5-17-12-7-10(16-3)8-13-14(12)11(15)6-9(2)18-13/h4,6-8H,1,5H2,2-3H3. The summed E-state index contributed by atoms with van der Waals surface area (Å²) in [5.41, 5.74) is 0.328. The Morgan fingerprint density at radius 1 is 1.39 bits per heavy atom. The van der Waals surface area contributed by atoms with E-state index in [1.165, 1.54) is 6.07 Å². The van der Waals surface area contributed by atoms with Crippen LogP contribution in [0.1, 0.15) is 5.76 Å². The van der Waals surface area contributed by atoms with Crippen molar-refractivity contribution < 1.29 is 13.9 Å². The van der Waals surface area contributed by atoms with E-state index in [0.717, 1.165) is 0 Å². The molecule has 0 aliphatic heterocycles. The lowest BCUT2D eigenvalue weighted by Crippen LogP contribution is -2.04. The Morgan fingerprint density at radius 2 is 2.17 bits per heavy atom. The first-order valence-corrected chi connectivity index (χ1v) is 5.52. The molecular formula is C14H14O4. The molecule has 0 unspecified atom stereocenters. The zero-order valence-corrected chi connectivity index (χ0v) is 10.4. The van der Waals surface area contributed by atoms with Crippen molar-refractivity contribution in [2.24, 2.45) is 0 Å². The molecule has 0 spiro atoms. The van der Waals surface area contributed by atoms with Crippen molar-refractivity contribution in [2.75, 3.05) is 13.7 Å². The second-order valence-corrected chi connectivity index (χ2v) is 3.82. The van der Waals surface area contributed by atoms with E-state index in [1.54, 1.807) is 32.2 Å². The van der Waals surface area contributed by atoms with Crippen LogP contribution < -0.4 is 14.9 Å². The van der Waals surface area contributed by atoms with E-state index in [4.69, 9.17) is 13.9 Å². The van der Waals surface area contributed by atoms with Gasteiger partial charge in [0.2, 0.25) is 0 Å². The van der Waals surface area contributed by atoms with Crippen LogP contribution in [0.25, 0.3) is 11.0 Å². The lowest BCUT2D eigenvalue weighted by atomic mass is 10.2. The number of methoxy groups -OCH3 is 1. The Balaban J connectivity index is 2.72. The fourth-order valence-corrected chi connectivity index (χ4v) is 1.73. The Morgan fingerprint density at radius 3 is 2.83 bits per heavy atom. The minimum absolute atomic E-state index is 0.129. The highest BCUT2D eigenvalue weighted by Gasteiger charge is 2.11. The van der Waals surface area contributed by atoms with E-state index < -0.39 is 0 Å². The summed E-state index contributed by atoms with van der Waals surface area (Å²) in [6, 6.07) is 4.78. The molecule has 0 saturated carbocycles. The first-order chi connectivity index (χ1) is 8.65. The molecule has 0 aliphatic rings. The maximum absolute atomic E-state index is 12.0. The van der Waals surface area contributed by atoms with Crippen molar-refractivity contribution in [2.45, 2.75) is 6.92 Å². The number of ether oxygens (including phenoxy) is 2. The quantitative estimate of drug-likeness (QED) is 0.778. The van der Waals surface area contributed by atoms with Crippen molar-refractivity contribution in [3.8, 4) is 11.5 Å². The van der Waals surface area contributed by atoms with Crippen LogP contribution in [0.15, 0.2) is 40.1 Å². The summed E-state index contributed by atoms with van der Waals surface area (Å²) in [6.45, 7) is 5.62. The molecule has 0 bridgehead atoms. The minimum Gasteiger partial charge on any atom is -0.496 e. The van der Waals surface area contributed by atoms with Crippen LogP contribution in [-0.4, -0.2) is 13.7 Å². The first kappa shape index (κ1) is 12.2. The third-order valence-corrected chi connectivity index (χ3v) is 2.48. The SMILES string of the molecule is C=CCOc1cc(OC)cc2oc(C)cc(=O)c12. The molecule has 0 N–H and O–H groups in total. The summed E-state index contributed by atoms with van der Waals surface area (Å²) in [6.07, 6.45) is 1.61. The van der Waals surface area contributed by atoms with Crippen molar-refractivity contribution in [1.29, 1.82) is 0 Å². The van der Waals surface area contributed by atoms with Crippen LogP contribution >= 0.6 is 0 Å². The van der Waals surface area contributed by atoms with E-state index in [9.17, 15) is 4.79 Å². The molecule has 0 atom stereocenters. The second kappa shape index (κ2) is 4.96. The van der Waals surface area contributed by atoms with Crippen molar-refractivity contribution >= 4 is 11.0 Å². The smallest absolute Gasteiger partial charge is 0.196 e. The summed E-state index contributed by atoms with van der Waals surface area (Å²) >= 11 is 0. The summed E-state index contributed by atoms with van der Waals surface area (Å²) in [7, 11) is 1.55. The predicted molar refractivity (Wildman–Crippen MR) is 69.5 cm³/mol. The molecule has 0 radical (unpaired) electrons. The van der Waals surface area contributed by atoms with Gasteiger partial charge >= 0.3 is 0 Å². The number of aryl methyl sites for hydroxylation is 1. The number of benzene rings is 1. The zero-order chi connectivity index (χ0) is 13.1. The summed E-state index contributed by atoms with van der Waals surface area (Å²) in [5, 5.41) is 0.420. The fraction of sp³-hybridized carbons (Fsp3) is 0.214. The van der Waals surface area contributed by atoms with Gasteiger partial charge in [-0.25, -0.2) is 0 Å². The van der Waals surface area contributed by atoms with Crippen LogP contribution in [0, 0.1) is 6.92 Å².